The maximum absolute atomic E-state index is 13.5. The summed E-state index contributed by atoms with van der Waals surface area (Å²) in [5, 5.41) is 8.47. The fourth-order valence-corrected chi connectivity index (χ4v) is 5.06. The van der Waals surface area contributed by atoms with E-state index in [-0.39, 0.29) is 43.1 Å². The molecule has 9 nitrogen and oxygen atoms in total. The second kappa shape index (κ2) is 11.6. The van der Waals surface area contributed by atoms with Crippen molar-refractivity contribution in [2.45, 2.75) is 44.4 Å². The molecule has 0 bridgehead atoms. The Labute approximate surface area is 227 Å². The minimum atomic E-state index is -0.410. The SMILES string of the molecule is Cc1cccc(NC(=O)C[C@H]2CC[C@H]3[C@@H](COc4ccc(NC(=O)Nc5ccccc5)cc4C(=O)N3C)O2)c1. The van der Waals surface area contributed by atoms with Crippen LogP contribution < -0.4 is 20.7 Å². The van der Waals surface area contributed by atoms with Gasteiger partial charge in [-0.2, -0.15) is 0 Å². The fourth-order valence-electron chi connectivity index (χ4n) is 5.06. The van der Waals surface area contributed by atoms with Crippen molar-refractivity contribution in [3.63, 3.8) is 0 Å². The molecule has 2 aliphatic rings. The number of carbonyl (C=O) groups is 3. The number of aryl methyl sites for hydroxylation is 1. The quantitative estimate of drug-likeness (QED) is 0.430. The number of para-hydroxylation sites is 1. The average molecular weight is 529 g/mol. The Bertz CT molecular complexity index is 1360. The molecule has 0 saturated carbocycles. The van der Waals surface area contributed by atoms with Crippen LogP contribution in [0.2, 0.25) is 0 Å². The van der Waals surface area contributed by atoms with E-state index >= 15 is 0 Å². The molecular formula is C30H32N4O5. The van der Waals surface area contributed by atoms with Crippen LogP contribution in [-0.2, 0) is 9.53 Å². The van der Waals surface area contributed by atoms with E-state index in [4.69, 9.17) is 9.47 Å². The Kier molecular flexibility index (Phi) is 7.79. The Hall–Kier alpha value is -4.37. The number of carbonyl (C=O) groups excluding carboxylic acids is 3. The van der Waals surface area contributed by atoms with E-state index in [0.29, 0.717) is 35.5 Å². The number of hydrogen-bond donors (Lipinski definition) is 3. The van der Waals surface area contributed by atoms with Gasteiger partial charge >= 0.3 is 6.03 Å². The second-order valence-electron chi connectivity index (χ2n) is 9.95. The molecule has 0 aliphatic carbocycles. The van der Waals surface area contributed by atoms with Gasteiger partial charge in [0.15, 0.2) is 0 Å². The van der Waals surface area contributed by atoms with Crippen molar-refractivity contribution >= 4 is 34.9 Å². The third kappa shape index (κ3) is 6.38. The summed E-state index contributed by atoms with van der Waals surface area (Å²) >= 11 is 0. The zero-order chi connectivity index (χ0) is 27.4. The standard InChI is InChI=1S/C30H32N4O5/c1-19-7-6-10-21(15-19)31-28(35)17-23-12-13-25-27(39-23)18-38-26-14-11-22(16-24(26)29(36)34(25)2)33-30(37)32-20-8-4-3-5-9-20/h3-11,14-16,23,25,27H,12-13,17-18H2,1-2H3,(H,31,35)(H2,32,33,37)/t23-,25+,27-/m1/s1. The van der Waals surface area contributed by atoms with E-state index in [2.05, 4.69) is 16.0 Å². The van der Waals surface area contributed by atoms with Crippen LogP contribution in [0.4, 0.5) is 21.9 Å². The molecule has 1 fully saturated rings. The van der Waals surface area contributed by atoms with E-state index in [1.165, 1.54) is 0 Å². The van der Waals surface area contributed by atoms with Crippen molar-refractivity contribution < 1.29 is 23.9 Å². The van der Waals surface area contributed by atoms with Crippen LogP contribution in [0.25, 0.3) is 0 Å². The first-order chi connectivity index (χ1) is 18.9. The molecule has 3 aromatic rings. The van der Waals surface area contributed by atoms with Crippen molar-refractivity contribution in [3.8, 4) is 5.75 Å². The molecule has 2 aliphatic heterocycles. The fraction of sp³-hybridized carbons (Fsp3) is 0.300. The molecule has 1 saturated heterocycles. The number of ether oxygens (including phenoxy) is 2. The van der Waals surface area contributed by atoms with Crippen LogP contribution in [-0.4, -0.2) is 54.6 Å². The molecule has 39 heavy (non-hydrogen) atoms. The number of anilines is 3. The van der Waals surface area contributed by atoms with E-state index in [9.17, 15) is 14.4 Å². The van der Waals surface area contributed by atoms with Crippen LogP contribution >= 0.6 is 0 Å². The van der Waals surface area contributed by atoms with Gasteiger partial charge in [-0.05, 0) is 67.8 Å². The number of likely N-dealkylation sites (N-methyl/N-ethyl adjacent to an activating group) is 1. The summed E-state index contributed by atoms with van der Waals surface area (Å²) in [6, 6.07) is 21.2. The van der Waals surface area contributed by atoms with Crippen LogP contribution in [0, 0.1) is 6.92 Å². The highest BCUT2D eigenvalue weighted by Crippen LogP contribution is 2.32. The molecule has 0 unspecified atom stereocenters. The highest BCUT2D eigenvalue weighted by molar-refractivity contribution is 6.02. The van der Waals surface area contributed by atoms with Crippen molar-refractivity contribution in [1.29, 1.82) is 0 Å². The van der Waals surface area contributed by atoms with Gasteiger partial charge in [0.05, 0.1) is 24.1 Å². The van der Waals surface area contributed by atoms with Gasteiger partial charge in [-0.25, -0.2) is 4.79 Å². The largest absolute Gasteiger partial charge is 0.490 e. The molecule has 5 rings (SSSR count). The third-order valence-electron chi connectivity index (χ3n) is 7.02. The summed E-state index contributed by atoms with van der Waals surface area (Å²) in [6.45, 7) is 2.22. The summed E-state index contributed by atoms with van der Waals surface area (Å²) in [4.78, 5) is 40.2. The normalized spacial score (nSPS) is 20.4. The van der Waals surface area contributed by atoms with Crippen LogP contribution in [0.5, 0.6) is 5.75 Å². The molecule has 3 aromatic carbocycles. The minimum absolute atomic E-state index is 0.109. The molecule has 3 atom stereocenters. The Balaban J connectivity index is 1.22. The van der Waals surface area contributed by atoms with E-state index < -0.39 is 6.03 Å². The van der Waals surface area contributed by atoms with Gasteiger partial charge in [0.1, 0.15) is 18.5 Å². The topological polar surface area (TPSA) is 109 Å². The maximum Gasteiger partial charge on any atom is 0.323 e. The lowest BCUT2D eigenvalue weighted by molar-refractivity contribution is -0.130. The van der Waals surface area contributed by atoms with Crippen molar-refractivity contribution in [2.24, 2.45) is 0 Å². The van der Waals surface area contributed by atoms with Crippen molar-refractivity contribution in [3.05, 3.63) is 83.9 Å². The second-order valence-corrected chi connectivity index (χ2v) is 9.95. The van der Waals surface area contributed by atoms with Gasteiger partial charge in [0.25, 0.3) is 5.91 Å². The Morgan fingerprint density at radius 2 is 1.64 bits per heavy atom. The number of fused-ring (bicyclic) bond motifs is 2. The van der Waals surface area contributed by atoms with Crippen LogP contribution in [0.1, 0.15) is 35.2 Å². The molecule has 0 spiro atoms. The Morgan fingerprint density at radius 3 is 2.44 bits per heavy atom. The molecule has 3 N–H and O–H groups in total. The van der Waals surface area contributed by atoms with Crippen molar-refractivity contribution in [1.82, 2.24) is 4.90 Å². The van der Waals surface area contributed by atoms with E-state index in [0.717, 1.165) is 11.3 Å². The van der Waals surface area contributed by atoms with Gasteiger partial charge in [0, 0.05) is 24.1 Å². The number of amides is 4. The predicted molar refractivity (Wildman–Crippen MR) is 149 cm³/mol. The smallest absolute Gasteiger partial charge is 0.323 e. The lowest BCUT2D eigenvalue weighted by Crippen LogP contribution is -2.53. The van der Waals surface area contributed by atoms with Crippen molar-refractivity contribution in [2.75, 3.05) is 29.6 Å². The summed E-state index contributed by atoms with van der Waals surface area (Å²) in [7, 11) is 1.76. The number of benzene rings is 3. The average Bonchev–Trinajstić information content (AvgIpc) is 2.91. The zero-order valence-corrected chi connectivity index (χ0v) is 22.0. The zero-order valence-electron chi connectivity index (χ0n) is 22.0. The predicted octanol–water partition coefficient (Wildman–Crippen LogP) is 5.05. The summed E-state index contributed by atoms with van der Waals surface area (Å²) in [6.07, 6.45) is 0.925. The monoisotopic (exact) mass is 528 g/mol. The first-order valence-corrected chi connectivity index (χ1v) is 13.0. The van der Waals surface area contributed by atoms with Gasteiger partial charge in [-0.3, -0.25) is 9.59 Å². The number of urea groups is 1. The molecule has 202 valence electrons. The molecule has 4 amide bonds. The van der Waals surface area contributed by atoms with Gasteiger partial charge < -0.3 is 30.3 Å². The highest BCUT2D eigenvalue weighted by Gasteiger charge is 2.39. The minimum Gasteiger partial charge on any atom is -0.490 e. The van der Waals surface area contributed by atoms with E-state index in [1.54, 1.807) is 42.3 Å². The van der Waals surface area contributed by atoms with Gasteiger partial charge in [-0.15, -0.1) is 0 Å². The van der Waals surface area contributed by atoms with Crippen LogP contribution in [0.3, 0.4) is 0 Å². The molecule has 0 radical (unpaired) electrons. The Morgan fingerprint density at radius 1 is 0.897 bits per heavy atom. The molecule has 2 heterocycles. The van der Waals surface area contributed by atoms with Gasteiger partial charge in [-0.1, -0.05) is 30.3 Å². The number of hydrogen-bond acceptors (Lipinski definition) is 5. The summed E-state index contributed by atoms with van der Waals surface area (Å²) in [5.41, 5.74) is 3.34. The molecular weight excluding hydrogens is 496 g/mol. The van der Waals surface area contributed by atoms with Crippen LogP contribution in [0.15, 0.2) is 72.8 Å². The molecule has 9 heteroatoms. The lowest BCUT2D eigenvalue weighted by atomic mass is 9.94. The number of rotatable bonds is 5. The van der Waals surface area contributed by atoms with Gasteiger partial charge in [0.2, 0.25) is 5.91 Å². The third-order valence-corrected chi connectivity index (χ3v) is 7.02. The highest BCUT2D eigenvalue weighted by atomic mass is 16.5. The summed E-state index contributed by atoms with van der Waals surface area (Å²) < 4.78 is 12.3. The number of nitrogens with one attached hydrogen (secondary N) is 3. The number of nitrogens with zero attached hydrogens (tertiary/aromatic N) is 1. The first-order valence-electron chi connectivity index (χ1n) is 13.0. The summed E-state index contributed by atoms with van der Waals surface area (Å²) in [5.74, 6) is 0.0928. The van der Waals surface area contributed by atoms with E-state index in [1.807, 2.05) is 49.4 Å². The lowest BCUT2D eigenvalue weighted by Gasteiger charge is -2.42. The first kappa shape index (κ1) is 26.2. The molecule has 0 aromatic heterocycles. The maximum atomic E-state index is 13.5.